The van der Waals surface area contributed by atoms with Gasteiger partial charge in [-0.2, -0.15) is 0 Å². The highest BCUT2D eigenvalue weighted by Crippen LogP contribution is 2.28. The third-order valence-electron chi connectivity index (χ3n) is 4.30. The minimum Gasteiger partial charge on any atom is -0.707 e. The fourth-order valence-electron chi connectivity index (χ4n) is 2.83. The number of hydrogen-bond donors (Lipinski definition) is 4. The molecule has 1 aliphatic rings. The Morgan fingerprint density at radius 3 is 2.02 bits per heavy atom. The van der Waals surface area contributed by atoms with Crippen LogP contribution in [0.2, 0.25) is 0 Å². The lowest BCUT2D eigenvalue weighted by Crippen LogP contribution is -2.27. The fourth-order valence-corrected chi connectivity index (χ4v) is 2.83. The van der Waals surface area contributed by atoms with E-state index in [1.165, 1.54) is 6.07 Å². The Kier molecular flexibility index (Phi) is 44.2. The Hall–Kier alpha value is 3.35. The van der Waals surface area contributed by atoms with E-state index in [2.05, 4.69) is 174 Å². The van der Waals surface area contributed by atoms with Crippen molar-refractivity contribution in [3.8, 4) is 0 Å². The zero-order valence-corrected chi connectivity index (χ0v) is 39.1. The molecule has 2 rings (SSSR count). The Labute approximate surface area is 329 Å². The highest BCUT2D eigenvalue weighted by atomic mass is 128. The summed E-state index contributed by atoms with van der Waals surface area (Å²) in [6.07, 6.45) is 5.58. The maximum atomic E-state index is 11.4. The molecule has 22 heteroatoms. The third-order valence-corrected chi connectivity index (χ3v) is 4.55. The van der Waals surface area contributed by atoms with Gasteiger partial charge in [0.25, 0.3) is 15.8 Å². The second-order valence-electron chi connectivity index (χ2n) is 7.01. The van der Waals surface area contributed by atoms with Crippen LogP contribution in [0.3, 0.4) is 0 Å². The van der Waals surface area contributed by atoms with Gasteiger partial charge in [0.2, 0.25) is 0 Å². The molecule has 40 heavy (non-hydrogen) atoms. The lowest BCUT2D eigenvalue weighted by atomic mass is 10.1. The zero-order chi connectivity index (χ0) is 32.1. The molecule has 0 amide bonds. The predicted octanol–water partition coefficient (Wildman–Crippen LogP) is 6.01. The summed E-state index contributed by atoms with van der Waals surface area (Å²) in [7, 11) is -1.71. The Bertz CT molecular complexity index is 881. The van der Waals surface area contributed by atoms with Gasteiger partial charge >= 0.3 is 0 Å². The van der Waals surface area contributed by atoms with Crippen molar-refractivity contribution in [2.75, 3.05) is 58.1 Å². The Balaban J connectivity index is -0.000000393. The molecular weight excluding hydrogens is 1460 g/mol. The molecule has 1 aliphatic heterocycles. The van der Waals surface area contributed by atoms with Crippen LogP contribution in [0, 0.1) is 10.1 Å². The van der Waals surface area contributed by atoms with Crippen LogP contribution in [0.4, 0.5) is 11.4 Å². The van der Waals surface area contributed by atoms with E-state index in [-0.39, 0.29) is 18.9 Å². The maximum absolute atomic E-state index is 11.4. The van der Waals surface area contributed by atoms with Gasteiger partial charge < -0.3 is 40.2 Å². The number of hydrogen-bond acceptors (Lipinski definition) is 12. The van der Waals surface area contributed by atoms with E-state index in [4.69, 9.17) is 10.4 Å². The molecule has 1 aromatic carbocycles. The molecule has 238 valence electrons. The molecule has 4 N–H and O–H groups in total. The van der Waals surface area contributed by atoms with Crippen LogP contribution in [0.25, 0.3) is 0 Å². The Morgan fingerprint density at radius 2 is 1.62 bits per heavy atom. The van der Waals surface area contributed by atoms with Crippen molar-refractivity contribution in [2.24, 2.45) is 0 Å². The number of nitrogens with one attached hydrogen (secondary N) is 2. The summed E-state index contributed by atoms with van der Waals surface area (Å²) >= 11 is 17.0. The van der Waals surface area contributed by atoms with Gasteiger partial charge in [-0.1, -0.05) is 6.07 Å². The van der Waals surface area contributed by atoms with E-state index in [0.717, 1.165) is 19.6 Å². The maximum Gasteiger partial charge on any atom is 0.292 e. The molecule has 0 radical (unpaired) electrons. The molecular formula is C18H30I8N5O8S-. The van der Waals surface area contributed by atoms with Gasteiger partial charge in [0.1, 0.15) is 5.69 Å². The molecule has 1 aromatic rings. The summed E-state index contributed by atoms with van der Waals surface area (Å²) in [4.78, 5) is 15.2. The van der Waals surface area contributed by atoms with Gasteiger partial charge in [-0.25, -0.2) is 8.42 Å². The van der Waals surface area contributed by atoms with Crippen LogP contribution in [-0.2, 0) is 14.5 Å². The first kappa shape index (κ1) is 50.2. The van der Waals surface area contributed by atoms with E-state index >= 15 is 0 Å². The summed E-state index contributed by atoms with van der Waals surface area (Å²) in [6.45, 7) is 2.39. The summed E-state index contributed by atoms with van der Waals surface area (Å²) in [5, 5.41) is 44.7. The molecule has 0 bridgehead atoms. The number of aliphatic hydroxyl groups is 2. The van der Waals surface area contributed by atoms with Gasteiger partial charge in [0.15, 0.2) is 0 Å². The van der Waals surface area contributed by atoms with E-state index in [1.54, 1.807) is 12.1 Å². The quantitative estimate of drug-likeness (QED) is 0.0631. The number of nitro groups is 1. The normalized spacial score (nSPS) is 11.9. The van der Waals surface area contributed by atoms with Crippen molar-refractivity contribution >= 4 is 170 Å². The van der Waals surface area contributed by atoms with Crippen molar-refractivity contribution in [3.63, 3.8) is 0 Å². The van der Waals surface area contributed by atoms with Gasteiger partial charge in [-0.3, -0.25) is 10.1 Å². The number of nitro benzene ring substituents is 1. The van der Waals surface area contributed by atoms with E-state index in [1.807, 2.05) is 19.4 Å². The van der Waals surface area contributed by atoms with E-state index < -0.39 is 21.1 Å². The summed E-state index contributed by atoms with van der Waals surface area (Å²) in [6, 6.07) is 4.43. The van der Waals surface area contributed by atoms with Crippen LogP contribution in [0.1, 0.15) is 18.0 Å². The number of rotatable bonds is 12. The average Bonchev–Trinajstić information content (AvgIpc) is 3.40. The molecule has 0 fully saturated rings. The fraction of sp³-hybridized carbons (Fsp3) is 0.556. The largest absolute Gasteiger partial charge is 0.707 e. The number of aliphatic hydroxyl groups excluding tert-OH is 2. The third kappa shape index (κ3) is 27.6. The average molecular weight is 1490 g/mol. The summed E-state index contributed by atoms with van der Waals surface area (Å²) in [5.74, 6) is 0. The second-order valence-corrected chi connectivity index (χ2v) is 8.55. The van der Waals surface area contributed by atoms with Crippen LogP contribution >= 0.6 is 149 Å². The number of benzene rings is 1. The first-order chi connectivity index (χ1) is 19.1. The van der Waals surface area contributed by atoms with Crippen LogP contribution in [-0.4, -0.2) is 86.2 Å². The van der Waals surface area contributed by atoms with E-state index in [0.29, 0.717) is 30.6 Å². The lowest BCUT2D eigenvalue weighted by molar-refractivity contribution is -0.634. The number of anilines is 1. The molecule has 13 nitrogen and oxygen atoms in total. The molecule has 0 saturated heterocycles. The summed E-state index contributed by atoms with van der Waals surface area (Å²) in [5.41, 5.74) is 1.06. The highest BCUT2D eigenvalue weighted by molar-refractivity contribution is 15.0. The van der Waals surface area contributed by atoms with Crippen molar-refractivity contribution in [1.82, 2.24) is 15.1 Å². The molecule has 0 saturated carbocycles. The molecule has 0 spiro atoms. The first-order valence-corrected chi connectivity index (χ1v) is 37.3. The first-order valence-electron chi connectivity index (χ1n) is 10.3. The Morgan fingerprint density at radius 1 is 1.07 bits per heavy atom. The van der Waals surface area contributed by atoms with Crippen molar-refractivity contribution in [1.29, 1.82) is 0 Å². The zero-order valence-electron chi connectivity index (χ0n) is 21.0. The highest BCUT2D eigenvalue weighted by Gasteiger charge is 2.18. The van der Waals surface area contributed by atoms with Crippen molar-refractivity contribution in [3.05, 3.63) is 46.3 Å². The number of halogens is 8. The summed E-state index contributed by atoms with van der Waals surface area (Å²) < 4.78 is 21.6. The van der Waals surface area contributed by atoms with Crippen molar-refractivity contribution < 1.29 is 33.1 Å². The predicted molar refractivity (Wildman–Crippen MR) is 228 cm³/mol. The molecule has 0 aromatic heterocycles. The minimum absolute atomic E-state index is 0.0208. The molecule has 1 heterocycles. The van der Waals surface area contributed by atoms with Gasteiger partial charge in [-0.05, 0) is 18.1 Å². The van der Waals surface area contributed by atoms with Crippen LogP contribution in [0.15, 0.2) is 30.6 Å². The molecule has 1 unspecified atom stereocenters. The van der Waals surface area contributed by atoms with Gasteiger partial charge in [0.05, 0.1) is 37.1 Å². The minimum atomic E-state index is -3.72. The SMILES string of the molecule is CN1C=CN(CCCNc2ccc(C(CO)NCCO)cc2[N+](=O)[O-])C1.CS(=O)(=O)O[O-].II.II.II.II. The number of nitrogens with zero attached hydrogens (tertiary/aromatic N) is 3. The second kappa shape index (κ2) is 35.2. The monoisotopic (exact) mass is 1490 g/mol. The smallest absolute Gasteiger partial charge is 0.292 e. The topological polar surface area (TPSA) is 181 Å². The van der Waals surface area contributed by atoms with E-state index in [9.17, 15) is 23.6 Å². The van der Waals surface area contributed by atoms with Gasteiger partial charge in [-0.15, -0.1) is 0 Å². The van der Waals surface area contributed by atoms with Crippen molar-refractivity contribution in [2.45, 2.75) is 12.5 Å². The molecule has 1 atom stereocenters. The lowest BCUT2D eigenvalue weighted by Gasteiger charge is -2.18. The van der Waals surface area contributed by atoms with Crippen LogP contribution in [0.5, 0.6) is 0 Å². The standard InChI is InChI=1S/C17H27N5O4.CH4O4S.4I2/c1-20-8-9-21(13-20)7-2-5-18-15-4-3-14(11-17(15)22(25)26)16(12-24)19-6-10-23;1-6(3,4)5-2;4*1-2/h3-4,8-9,11,16,18-19,23-24H,2,5-7,10,12-13H2,1H3;2H,1H3;;;;/p-1. The van der Waals surface area contributed by atoms with Gasteiger partial charge in [0, 0.05) is 194 Å². The van der Waals surface area contributed by atoms with Crippen LogP contribution < -0.4 is 15.9 Å². The molecule has 0 aliphatic carbocycles.